The van der Waals surface area contributed by atoms with Crippen molar-refractivity contribution in [3.8, 4) is 11.3 Å². The van der Waals surface area contributed by atoms with Gasteiger partial charge in [0.1, 0.15) is 12.4 Å². The van der Waals surface area contributed by atoms with Gasteiger partial charge in [-0.1, -0.05) is 45.3 Å². The molecule has 7 heteroatoms. The molecule has 0 bridgehead atoms. The molecule has 32 heavy (non-hydrogen) atoms. The van der Waals surface area contributed by atoms with Gasteiger partial charge in [0.05, 0.1) is 17.9 Å². The summed E-state index contributed by atoms with van der Waals surface area (Å²) in [5, 5.41) is 5.89. The molecule has 6 nitrogen and oxygen atoms in total. The fraction of sp³-hybridized carbons (Fsp3) is 0.640. The minimum atomic E-state index is -1.14. The van der Waals surface area contributed by atoms with Gasteiger partial charge in [-0.05, 0) is 50.1 Å². The fourth-order valence-corrected chi connectivity index (χ4v) is 5.77. The van der Waals surface area contributed by atoms with E-state index in [9.17, 15) is 0 Å². The average Bonchev–Trinajstić information content (AvgIpc) is 3.15. The number of rotatable bonds is 9. The third kappa shape index (κ3) is 4.77. The van der Waals surface area contributed by atoms with E-state index in [1.54, 1.807) is 0 Å². The third-order valence-corrected chi connectivity index (χ3v) is 8.84. The van der Waals surface area contributed by atoms with Crippen molar-refractivity contribution < 1.29 is 4.84 Å². The SMILES string of the molecule is Cc1nc(-c2cnn(C(CC3CC3)C3CCCC3)c2)c2ccn(OCC[Si](C)(C)C)c2n1. The third-order valence-electron chi connectivity index (χ3n) is 7.14. The Morgan fingerprint density at radius 1 is 1.12 bits per heavy atom. The Balaban J connectivity index is 1.42. The zero-order chi connectivity index (χ0) is 22.3. The molecule has 172 valence electrons. The van der Waals surface area contributed by atoms with Crippen molar-refractivity contribution in [2.24, 2.45) is 11.8 Å². The monoisotopic (exact) mass is 451 g/mol. The molecule has 0 aromatic carbocycles. The van der Waals surface area contributed by atoms with Crippen molar-refractivity contribution >= 4 is 19.1 Å². The van der Waals surface area contributed by atoms with Crippen molar-refractivity contribution in [2.75, 3.05) is 6.61 Å². The fourth-order valence-electron chi connectivity index (χ4n) is 5.07. The van der Waals surface area contributed by atoms with Crippen LogP contribution in [0.25, 0.3) is 22.3 Å². The Bertz CT molecular complexity index is 1070. The molecule has 2 fully saturated rings. The van der Waals surface area contributed by atoms with Crippen molar-refractivity contribution in [2.45, 2.75) is 83.6 Å². The maximum absolute atomic E-state index is 6.08. The predicted molar refractivity (Wildman–Crippen MR) is 131 cm³/mol. The summed E-state index contributed by atoms with van der Waals surface area (Å²) in [5.74, 6) is 2.44. The van der Waals surface area contributed by atoms with Crippen LogP contribution in [0.15, 0.2) is 24.7 Å². The topological polar surface area (TPSA) is 57.8 Å². The summed E-state index contributed by atoms with van der Waals surface area (Å²) >= 11 is 0. The summed E-state index contributed by atoms with van der Waals surface area (Å²) in [5.41, 5.74) is 2.89. The largest absolute Gasteiger partial charge is 0.413 e. The van der Waals surface area contributed by atoms with Gasteiger partial charge >= 0.3 is 0 Å². The molecule has 2 aliphatic rings. The summed E-state index contributed by atoms with van der Waals surface area (Å²) in [6.07, 6.45) is 15.7. The molecule has 0 radical (unpaired) electrons. The first-order valence-electron chi connectivity index (χ1n) is 12.4. The highest BCUT2D eigenvalue weighted by atomic mass is 28.3. The Hall–Kier alpha value is -2.15. The molecule has 3 aromatic heterocycles. The van der Waals surface area contributed by atoms with Crippen LogP contribution < -0.4 is 4.84 Å². The van der Waals surface area contributed by atoms with Crippen LogP contribution in [-0.2, 0) is 0 Å². The van der Waals surface area contributed by atoms with E-state index in [4.69, 9.17) is 19.9 Å². The number of aryl methyl sites for hydroxylation is 1. The molecule has 5 rings (SSSR count). The lowest BCUT2D eigenvalue weighted by molar-refractivity contribution is 0.130. The normalized spacial score (nSPS) is 18.5. The van der Waals surface area contributed by atoms with Crippen LogP contribution in [0.4, 0.5) is 0 Å². The van der Waals surface area contributed by atoms with Crippen LogP contribution in [0, 0.1) is 18.8 Å². The zero-order valence-electron chi connectivity index (χ0n) is 20.0. The standard InChI is InChI=1S/C25H37N5OSi/c1-18-27-24(22-11-12-30(25(22)28-18)31-13-14-32(2,3)4)21-16-26-29(17-21)23(15-19-9-10-19)20-7-5-6-8-20/h11-12,16-17,19-20,23H,5-10,13-15H2,1-4H3. The van der Waals surface area contributed by atoms with Crippen LogP contribution in [0.3, 0.4) is 0 Å². The van der Waals surface area contributed by atoms with Crippen molar-refractivity contribution in [1.82, 2.24) is 24.5 Å². The average molecular weight is 452 g/mol. The summed E-state index contributed by atoms with van der Waals surface area (Å²) in [7, 11) is -1.14. The molecule has 3 heterocycles. The first-order valence-corrected chi connectivity index (χ1v) is 16.1. The van der Waals surface area contributed by atoms with Gasteiger partial charge in [-0.2, -0.15) is 9.83 Å². The number of fused-ring (bicyclic) bond motifs is 1. The quantitative estimate of drug-likeness (QED) is 0.380. The van der Waals surface area contributed by atoms with Crippen molar-refractivity contribution in [3.63, 3.8) is 0 Å². The molecule has 0 spiro atoms. The van der Waals surface area contributed by atoms with E-state index in [-0.39, 0.29) is 0 Å². The van der Waals surface area contributed by atoms with Gasteiger partial charge in [-0.3, -0.25) is 4.68 Å². The van der Waals surface area contributed by atoms with E-state index >= 15 is 0 Å². The molecule has 0 saturated heterocycles. The Morgan fingerprint density at radius 2 is 1.91 bits per heavy atom. The van der Waals surface area contributed by atoms with E-state index < -0.39 is 8.07 Å². The number of nitrogens with zero attached hydrogens (tertiary/aromatic N) is 5. The van der Waals surface area contributed by atoms with Gasteiger partial charge in [0.2, 0.25) is 0 Å². The molecular weight excluding hydrogens is 414 g/mol. The van der Waals surface area contributed by atoms with E-state index in [1.807, 2.05) is 24.0 Å². The predicted octanol–water partition coefficient (Wildman–Crippen LogP) is 5.90. The first-order chi connectivity index (χ1) is 15.4. The second-order valence-electron chi connectivity index (χ2n) is 11.1. The maximum atomic E-state index is 6.08. The highest BCUT2D eigenvalue weighted by Crippen LogP contribution is 2.44. The number of hydrogen-bond donors (Lipinski definition) is 0. The summed E-state index contributed by atoms with van der Waals surface area (Å²) in [4.78, 5) is 15.6. The van der Waals surface area contributed by atoms with Gasteiger partial charge in [-0.25, -0.2) is 9.97 Å². The first kappa shape index (κ1) is 21.7. The maximum Gasteiger partial charge on any atom is 0.179 e. The van der Waals surface area contributed by atoms with Gasteiger partial charge in [0.25, 0.3) is 0 Å². The summed E-state index contributed by atoms with van der Waals surface area (Å²) in [6, 6.07) is 3.74. The molecule has 0 amide bonds. The minimum Gasteiger partial charge on any atom is -0.413 e. The Morgan fingerprint density at radius 3 is 2.62 bits per heavy atom. The van der Waals surface area contributed by atoms with Gasteiger partial charge in [0.15, 0.2) is 5.65 Å². The van der Waals surface area contributed by atoms with Crippen LogP contribution >= 0.6 is 0 Å². The van der Waals surface area contributed by atoms with E-state index in [0.717, 1.165) is 52.6 Å². The van der Waals surface area contributed by atoms with Gasteiger partial charge in [-0.15, -0.1) is 0 Å². The van der Waals surface area contributed by atoms with Crippen LogP contribution in [0.5, 0.6) is 0 Å². The van der Waals surface area contributed by atoms with Crippen molar-refractivity contribution in [3.05, 3.63) is 30.5 Å². The number of aromatic nitrogens is 5. The summed E-state index contributed by atoms with van der Waals surface area (Å²) in [6.45, 7) is 9.79. The van der Waals surface area contributed by atoms with E-state index in [2.05, 4.69) is 36.6 Å². The van der Waals surface area contributed by atoms with E-state index in [1.165, 1.54) is 44.9 Å². The second-order valence-corrected chi connectivity index (χ2v) is 16.8. The van der Waals surface area contributed by atoms with Crippen molar-refractivity contribution in [1.29, 1.82) is 0 Å². The van der Waals surface area contributed by atoms with Gasteiger partial charge in [0, 0.05) is 31.4 Å². The molecular formula is C25H37N5OSi. The zero-order valence-corrected chi connectivity index (χ0v) is 21.0. The van der Waals surface area contributed by atoms with Gasteiger partial charge < -0.3 is 4.84 Å². The van der Waals surface area contributed by atoms with Crippen LogP contribution in [0.2, 0.25) is 25.7 Å². The Kier molecular flexibility index (Phi) is 5.86. The highest BCUT2D eigenvalue weighted by molar-refractivity contribution is 6.76. The smallest absolute Gasteiger partial charge is 0.179 e. The molecule has 0 N–H and O–H groups in total. The second kappa shape index (κ2) is 8.65. The Labute approximate surface area is 192 Å². The molecule has 2 saturated carbocycles. The molecule has 3 aromatic rings. The van der Waals surface area contributed by atoms with Crippen LogP contribution in [0.1, 0.15) is 56.8 Å². The molecule has 1 unspecified atom stereocenters. The number of hydrogen-bond acceptors (Lipinski definition) is 4. The molecule has 1 atom stereocenters. The van der Waals surface area contributed by atoms with Crippen LogP contribution in [-0.4, -0.2) is 39.2 Å². The highest BCUT2D eigenvalue weighted by Gasteiger charge is 2.33. The molecule has 0 aliphatic heterocycles. The molecule has 2 aliphatic carbocycles. The summed E-state index contributed by atoms with van der Waals surface area (Å²) < 4.78 is 4.08. The minimum absolute atomic E-state index is 0.534. The lowest BCUT2D eigenvalue weighted by Gasteiger charge is -2.24. The lowest BCUT2D eigenvalue weighted by Crippen LogP contribution is -2.25. The lowest BCUT2D eigenvalue weighted by atomic mass is 9.93. The van der Waals surface area contributed by atoms with E-state index in [0.29, 0.717) is 6.04 Å².